The number of hydrogen-bond donors (Lipinski definition) is 0. The molecule has 0 atom stereocenters. The number of ether oxygens (including phenoxy) is 1. The maximum atomic E-state index is 13.7. The van der Waals surface area contributed by atoms with Crippen molar-refractivity contribution in [1.82, 2.24) is 4.90 Å². The molecule has 0 saturated carbocycles. The molecule has 1 heterocycles. The smallest absolute Gasteiger partial charge is 0.410 e. The highest BCUT2D eigenvalue weighted by Gasteiger charge is 2.29. The van der Waals surface area contributed by atoms with Crippen LogP contribution >= 0.6 is 0 Å². The largest absolute Gasteiger partial charge is 0.415 e. The predicted octanol–water partition coefficient (Wildman–Crippen LogP) is 3.92. The van der Waals surface area contributed by atoms with Crippen molar-refractivity contribution >= 4 is 11.9 Å². The van der Waals surface area contributed by atoms with Gasteiger partial charge >= 0.3 is 6.09 Å². The van der Waals surface area contributed by atoms with Crippen molar-refractivity contribution in [2.45, 2.75) is 12.8 Å². The third-order valence-electron chi connectivity index (χ3n) is 4.21. The fraction of sp³-hybridized carbons (Fsp3) is 0.263. The number of ketones is 1. The van der Waals surface area contributed by atoms with E-state index in [1.165, 1.54) is 12.1 Å². The van der Waals surface area contributed by atoms with Crippen LogP contribution in [-0.4, -0.2) is 29.9 Å². The predicted molar refractivity (Wildman–Crippen MR) is 87.5 cm³/mol. The van der Waals surface area contributed by atoms with Crippen LogP contribution in [0.3, 0.4) is 0 Å². The first kappa shape index (κ1) is 16.2. The molecule has 0 bridgehead atoms. The Hall–Kier alpha value is -2.69. The van der Waals surface area contributed by atoms with Crippen LogP contribution in [0, 0.1) is 11.7 Å². The van der Waals surface area contributed by atoms with Crippen LogP contribution in [0.25, 0.3) is 0 Å². The minimum atomic E-state index is -0.492. The molecule has 1 fully saturated rings. The van der Waals surface area contributed by atoms with Crippen LogP contribution < -0.4 is 4.74 Å². The van der Waals surface area contributed by atoms with Gasteiger partial charge in [-0.2, -0.15) is 0 Å². The first-order valence-electron chi connectivity index (χ1n) is 7.95. The molecule has 0 N–H and O–H groups in total. The van der Waals surface area contributed by atoms with Crippen LogP contribution in [0.1, 0.15) is 23.2 Å². The number of nitrogens with zero attached hydrogens (tertiary/aromatic N) is 1. The number of carbonyl (C=O) groups excluding carboxylic acids is 2. The van der Waals surface area contributed by atoms with E-state index in [4.69, 9.17) is 4.74 Å². The van der Waals surface area contributed by atoms with Gasteiger partial charge < -0.3 is 9.64 Å². The van der Waals surface area contributed by atoms with Gasteiger partial charge in [0.1, 0.15) is 11.6 Å². The molecule has 0 aromatic heterocycles. The fourth-order valence-electron chi connectivity index (χ4n) is 2.86. The summed E-state index contributed by atoms with van der Waals surface area (Å²) in [5.41, 5.74) is 0.128. The molecule has 1 amide bonds. The number of likely N-dealkylation sites (tertiary alicyclic amines) is 1. The highest BCUT2D eigenvalue weighted by atomic mass is 19.1. The third-order valence-corrected chi connectivity index (χ3v) is 4.21. The van der Waals surface area contributed by atoms with Gasteiger partial charge in [0, 0.05) is 19.0 Å². The van der Waals surface area contributed by atoms with E-state index >= 15 is 0 Å². The summed E-state index contributed by atoms with van der Waals surface area (Å²) in [6.45, 7) is 0.854. The number of carbonyl (C=O) groups is 2. The zero-order chi connectivity index (χ0) is 16.9. The lowest BCUT2D eigenvalue weighted by Gasteiger charge is -2.30. The number of para-hydroxylation sites is 1. The summed E-state index contributed by atoms with van der Waals surface area (Å²) in [6.07, 6.45) is 0.603. The molecule has 3 rings (SSSR count). The number of amides is 1. The summed E-state index contributed by atoms with van der Waals surface area (Å²) in [5.74, 6) is -0.452. The summed E-state index contributed by atoms with van der Waals surface area (Å²) in [4.78, 5) is 26.1. The van der Waals surface area contributed by atoms with Gasteiger partial charge in [-0.15, -0.1) is 0 Å². The van der Waals surface area contributed by atoms with E-state index in [2.05, 4.69) is 0 Å². The Bertz CT molecular complexity index is 724. The summed E-state index contributed by atoms with van der Waals surface area (Å²) < 4.78 is 19.0. The first-order valence-corrected chi connectivity index (χ1v) is 7.95. The summed E-state index contributed by atoms with van der Waals surface area (Å²) in [5, 5.41) is 0. The lowest BCUT2D eigenvalue weighted by molar-refractivity contribution is 0.0825. The molecule has 4 nitrogen and oxygen atoms in total. The topological polar surface area (TPSA) is 46.6 Å². The number of halogens is 1. The minimum Gasteiger partial charge on any atom is -0.410 e. The van der Waals surface area contributed by atoms with Crippen molar-refractivity contribution in [3.8, 4) is 5.75 Å². The molecular formula is C19H18FNO3. The molecule has 5 heteroatoms. The molecule has 0 radical (unpaired) electrons. The van der Waals surface area contributed by atoms with Gasteiger partial charge in [0.2, 0.25) is 0 Å². The van der Waals surface area contributed by atoms with Gasteiger partial charge in [-0.3, -0.25) is 4.79 Å². The average Bonchev–Trinajstić information content (AvgIpc) is 2.62. The lowest BCUT2D eigenvalue weighted by atomic mass is 9.89. The number of hydrogen-bond acceptors (Lipinski definition) is 3. The minimum absolute atomic E-state index is 0.128. The maximum absolute atomic E-state index is 13.7. The summed E-state index contributed by atoms with van der Waals surface area (Å²) in [7, 11) is 0. The van der Waals surface area contributed by atoms with Crippen LogP contribution in [0.15, 0.2) is 54.6 Å². The molecule has 24 heavy (non-hydrogen) atoms. The van der Waals surface area contributed by atoms with Gasteiger partial charge in [0.05, 0.1) is 5.56 Å². The van der Waals surface area contributed by atoms with Crippen LogP contribution in [0.4, 0.5) is 9.18 Å². The number of benzene rings is 2. The molecular weight excluding hydrogens is 309 g/mol. The Balaban J connectivity index is 1.57. The molecule has 0 aliphatic carbocycles. The zero-order valence-corrected chi connectivity index (χ0v) is 13.2. The molecule has 2 aromatic carbocycles. The van der Waals surface area contributed by atoms with Gasteiger partial charge in [-0.05, 0) is 37.1 Å². The second-order valence-corrected chi connectivity index (χ2v) is 5.79. The average molecular weight is 327 g/mol. The van der Waals surface area contributed by atoms with Crippen molar-refractivity contribution in [1.29, 1.82) is 0 Å². The maximum Gasteiger partial charge on any atom is 0.415 e. The van der Waals surface area contributed by atoms with Crippen molar-refractivity contribution in [2.75, 3.05) is 13.1 Å². The van der Waals surface area contributed by atoms with Gasteiger partial charge in [-0.1, -0.05) is 30.3 Å². The summed E-state index contributed by atoms with van der Waals surface area (Å²) >= 11 is 0. The van der Waals surface area contributed by atoms with Crippen molar-refractivity contribution in [3.63, 3.8) is 0 Å². The van der Waals surface area contributed by atoms with E-state index in [9.17, 15) is 14.0 Å². The number of piperidine rings is 1. The molecule has 1 aliphatic rings. The fourth-order valence-corrected chi connectivity index (χ4v) is 2.86. The molecule has 1 aliphatic heterocycles. The Kier molecular flexibility index (Phi) is 4.89. The Morgan fingerprint density at radius 3 is 2.25 bits per heavy atom. The van der Waals surface area contributed by atoms with Crippen molar-refractivity contribution < 1.29 is 18.7 Å². The Morgan fingerprint density at radius 2 is 1.58 bits per heavy atom. The van der Waals surface area contributed by atoms with E-state index in [1.807, 2.05) is 6.07 Å². The second-order valence-electron chi connectivity index (χ2n) is 5.79. The molecule has 124 valence electrons. The van der Waals surface area contributed by atoms with Crippen molar-refractivity contribution in [3.05, 3.63) is 66.0 Å². The quantitative estimate of drug-likeness (QED) is 0.803. The molecule has 0 unspecified atom stereocenters. The molecule has 1 saturated heterocycles. The molecule has 0 spiro atoms. The van der Waals surface area contributed by atoms with Gasteiger partial charge in [-0.25, -0.2) is 9.18 Å². The van der Waals surface area contributed by atoms with E-state index < -0.39 is 11.9 Å². The molecule has 2 aromatic rings. The Morgan fingerprint density at radius 1 is 0.958 bits per heavy atom. The van der Waals surface area contributed by atoms with Gasteiger partial charge in [0.25, 0.3) is 0 Å². The SMILES string of the molecule is O=C(c1ccccc1F)C1CCN(C(=O)Oc2ccccc2)CC1. The highest BCUT2D eigenvalue weighted by molar-refractivity contribution is 5.98. The normalized spacial score (nSPS) is 15.1. The monoisotopic (exact) mass is 327 g/mol. The van der Waals surface area contributed by atoms with Crippen LogP contribution in [0.2, 0.25) is 0 Å². The lowest BCUT2D eigenvalue weighted by Crippen LogP contribution is -2.41. The number of Topliss-reactive ketones (excluding diaryl/α,β-unsaturated/α-hetero) is 1. The van der Waals surface area contributed by atoms with Crippen LogP contribution in [-0.2, 0) is 0 Å². The second kappa shape index (κ2) is 7.25. The van der Waals surface area contributed by atoms with E-state index in [-0.39, 0.29) is 17.3 Å². The van der Waals surface area contributed by atoms with Gasteiger partial charge in [0.15, 0.2) is 5.78 Å². The number of rotatable bonds is 3. The Labute approximate surface area is 139 Å². The van der Waals surface area contributed by atoms with Crippen molar-refractivity contribution in [2.24, 2.45) is 5.92 Å². The highest BCUT2D eigenvalue weighted by Crippen LogP contribution is 2.24. The zero-order valence-electron chi connectivity index (χ0n) is 13.2. The van der Waals surface area contributed by atoms with Crippen LogP contribution in [0.5, 0.6) is 5.75 Å². The third kappa shape index (κ3) is 3.62. The standard InChI is InChI=1S/C19H18FNO3/c20-17-9-5-4-8-16(17)18(22)14-10-12-21(13-11-14)19(23)24-15-6-2-1-3-7-15/h1-9,14H,10-13H2. The van der Waals surface area contributed by atoms with E-state index in [0.29, 0.717) is 31.7 Å². The van der Waals surface area contributed by atoms with E-state index in [0.717, 1.165) is 0 Å². The summed E-state index contributed by atoms with van der Waals surface area (Å²) in [6, 6.07) is 14.9. The first-order chi connectivity index (χ1) is 11.6. The van der Waals surface area contributed by atoms with E-state index in [1.54, 1.807) is 41.3 Å².